The number of aryl methyl sites for hydroxylation is 2. The Labute approximate surface area is 94.7 Å². The normalized spacial score (nSPS) is 10.4. The van der Waals surface area contributed by atoms with Crippen LogP contribution in [0.4, 0.5) is 0 Å². The minimum Gasteiger partial charge on any atom is -0.205 e. The van der Waals surface area contributed by atoms with Crippen LogP contribution in [0.1, 0.15) is 11.1 Å². The zero-order valence-electron chi connectivity index (χ0n) is 9.51. The first-order valence-corrected chi connectivity index (χ1v) is 5.13. The summed E-state index contributed by atoms with van der Waals surface area (Å²) in [5.74, 6) is 11.8. The quantitative estimate of drug-likeness (QED) is 0.519. The van der Waals surface area contributed by atoms with Gasteiger partial charge in [0.2, 0.25) is 0 Å². The second-order valence-corrected chi connectivity index (χ2v) is 3.99. The third kappa shape index (κ3) is 1.82. The second kappa shape index (κ2) is 3.81. The number of hydrogen-bond donors (Lipinski definition) is 2. The zero-order chi connectivity index (χ0) is 11.7. The van der Waals surface area contributed by atoms with Crippen molar-refractivity contribution < 1.29 is 9.35 Å². The molecule has 4 heteroatoms. The van der Waals surface area contributed by atoms with Crippen LogP contribution in [0, 0.1) is 13.8 Å². The molecule has 0 aliphatic carbocycles. The lowest BCUT2D eigenvalue weighted by Gasteiger charge is -1.99. The maximum absolute atomic E-state index is 5.89. The molecule has 0 atom stereocenters. The van der Waals surface area contributed by atoms with Gasteiger partial charge in [0.25, 0.3) is 0 Å². The molecule has 2 rings (SSSR count). The summed E-state index contributed by atoms with van der Waals surface area (Å²) in [6, 6.07) is 7.94. The van der Waals surface area contributed by atoms with E-state index in [1.165, 1.54) is 0 Å². The van der Waals surface area contributed by atoms with Crippen LogP contribution in [0.3, 0.4) is 0 Å². The van der Waals surface area contributed by atoms with Gasteiger partial charge in [0.15, 0.2) is 12.4 Å². The van der Waals surface area contributed by atoms with Crippen LogP contribution < -0.4 is 21.0 Å². The first-order valence-electron chi connectivity index (χ1n) is 5.13. The third-order valence-electron chi connectivity index (χ3n) is 2.54. The number of hydrogen-bond acceptors (Lipinski definition) is 2. The molecule has 0 saturated heterocycles. The highest BCUT2D eigenvalue weighted by Gasteiger charge is 2.21. The first-order chi connectivity index (χ1) is 7.58. The van der Waals surface area contributed by atoms with E-state index in [1.807, 2.05) is 50.5 Å². The molecule has 0 bridgehead atoms. The molecule has 82 valence electrons. The average Bonchev–Trinajstić information content (AvgIpc) is 2.25. The molecule has 0 radical (unpaired) electrons. The van der Waals surface area contributed by atoms with Gasteiger partial charge in [0, 0.05) is 24.3 Å². The van der Waals surface area contributed by atoms with Gasteiger partial charge < -0.3 is 0 Å². The maximum atomic E-state index is 5.89. The number of nitrogens with two attached hydrogens (primary N) is 2. The molecule has 0 unspecified atom stereocenters. The Hall–Kier alpha value is -2.10. The minimum atomic E-state index is 0.895. The fourth-order valence-corrected chi connectivity index (χ4v) is 1.65. The molecule has 0 saturated carbocycles. The maximum Gasteiger partial charge on any atom is 0.308 e. The van der Waals surface area contributed by atoms with Gasteiger partial charge in [-0.2, -0.15) is 0 Å². The molecule has 0 aromatic carbocycles. The topological polar surface area (TPSA) is 59.8 Å². The largest absolute Gasteiger partial charge is 0.308 e. The number of aromatic nitrogens is 2. The average molecular weight is 216 g/mol. The molecule has 0 amide bonds. The van der Waals surface area contributed by atoms with Gasteiger partial charge in [-0.25, -0.2) is 11.7 Å². The molecule has 2 aromatic rings. The van der Waals surface area contributed by atoms with Gasteiger partial charge in [-0.05, 0) is 25.0 Å². The van der Waals surface area contributed by atoms with Crippen molar-refractivity contribution in [3.8, 4) is 11.4 Å². The molecule has 0 aliphatic rings. The highest BCUT2D eigenvalue weighted by molar-refractivity contribution is 5.48. The van der Waals surface area contributed by atoms with Crippen molar-refractivity contribution in [2.45, 2.75) is 13.8 Å². The smallest absolute Gasteiger partial charge is 0.205 e. The molecule has 16 heavy (non-hydrogen) atoms. The van der Waals surface area contributed by atoms with Gasteiger partial charge in [-0.3, -0.25) is 0 Å². The fraction of sp³-hybridized carbons (Fsp3) is 0.167. The van der Waals surface area contributed by atoms with Gasteiger partial charge in [0.1, 0.15) is 0 Å². The number of nitrogens with zero attached hydrogens (tertiary/aromatic N) is 2. The van der Waals surface area contributed by atoms with Crippen molar-refractivity contribution in [1.82, 2.24) is 0 Å². The number of rotatable bonds is 1. The molecular weight excluding hydrogens is 200 g/mol. The van der Waals surface area contributed by atoms with Crippen molar-refractivity contribution in [1.29, 1.82) is 0 Å². The Kier molecular flexibility index (Phi) is 2.48. The van der Waals surface area contributed by atoms with Crippen molar-refractivity contribution in [3.63, 3.8) is 0 Å². The van der Waals surface area contributed by atoms with Crippen molar-refractivity contribution >= 4 is 0 Å². The molecule has 2 heterocycles. The summed E-state index contributed by atoms with van der Waals surface area (Å²) in [4.78, 5) is 0. The molecule has 4 N–H and O–H groups in total. The van der Waals surface area contributed by atoms with E-state index in [0.29, 0.717) is 0 Å². The zero-order valence-corrected chi connectivity index (χ0v) is 9.51. The highest BCUT2D eigenvalue weighted by atomic mass is 15.3. The lowest BCUT2D eigenvalue weighted by molar-refractivity contribution is -0.658. The standard InChI is InChI=1S/C12H15N4/c1-9-3-5-15(13)11(7-9)12-8-10(2)4-6-16(12)14/h3-8,13H,14H2,1-2H3/q+1/p+1. The minimum absolute atomic E-state index is 0.895. The summed E-state index contributed by atoms with van der Waals surface area (Å²) in [5, 5.41) is 0. The van der Waals surface area contributed by atoms with E-state index in [-0.39, 0.29) is 0 Å². The van der Waals surface area contributed by atoms with Crippen LogP contribution in [0.15, 0.2) is 36.7 Å². The van der Waals surface area contributed by atoms with Gasteiger partial charge in [-0.15, -0.1) is 0 Å². The van der Waals surface area contributed by atoms with Crippen molar-refractivity contribution in [2.75, 3.05) is 11.7 Å². The summed E-state index contributed by atoms with van der Waals surface area (Å²) in [6.07, 6.45) is 3.65. The van der Waals surface area contributed by atoms with E-state index in [2.05, 4.69) is 0 Å². The molecule has 2 aromatic heterocycles. The van der Waals surface area contributed by atoms with E-state index < -0.39 is 0 Å². The molecule has 4 nitrogen and oxygen atoms in total. The Morgan fingerprint density at radius 2 is 1.19 bits per heavy atom. The Morgan fingerprint density at radius 3 is 1.56 bits per heavy atom. The van der Waals surface area contributed by atoms with E-state index >= 15 is 0 Å². The molecular formula is C12H16N4+2. The van der Waals surface area contributed by atoms with E-state index in [0.717, 1.165) is 22.5 Å². The lowest BCUT2D eigenvalue weighted by atomic mass is 10.1. The SMILES string of the molecule is Cc1cc[n+](N)c(-c2cc(C)cc[n+]2N)c1. The predicted octanol–water partition coefficient (Wildman–Crippen LogP) is -0.0270. The van der Waals surface area contributed by atoms with Crippen molar-refractivity contribution in [2.24, 2.45) is 0 Å². The van der Waals surface area contributed by atoms with Gasteiger partial charge in [-0.1, -0.05) is 9.35 Å². The van der Waals surface area contributed by atoms with Crippen molar-refractivity contribution in [3.05, 3.63) is 47.8 Å². The number of pyridine rings is 2. The molecule has 0 fully saturated rings. The van der Waals surface area contributed by atoms with Crippen LogP contribution in [0.5, 0.6) is 0 Å². The second-order valence-electron chi connectivity index (χ2n) is 3.99. The predicted molar refractivity (Wildman–Crippen MR) is 62.0 cm³/mol. The summed E-state index contributed by atoms with van der Waals surface area (Å²) >= 11 is 0. The fourth-order valence-electron chi connectivity index (χ4n) is 1.65. The summed E-state index contributed by atoms with van der Waals surface area (Å²) in [7, 11) is 0. The van der Waals surface area contributed by atoms with Gasteiger partial charge >= 0.3 is 11.4 Å². The summed E-state index contributed by atoms with van der Waals surface area (Å²) < 4.78 is 3.15. The van der Waals surface area contributed by atoms with Gasteiger partial charge in [0.05, 0.1) is 0 Å². The van der Waals surface area contributed by atoms with E-state index in [4.69, 9.17) is 11.7 Å². The lowest BCUT2D eigenvalue weighted by Crippen LogP contribution is -2.52. The van der Waals surface area contributed by atoms with Crippen LogP contribution >= 0.6 is 0 Å². The van der Waals surface area contributed by atoms with E-state index in [9.17, 15) is 0 Å². The summed E-state index contributed by atoms with van der Waals surface area (Å²) in [6.45, 7) is 4.06. The molecule has 0 spiro atoms. The Morgan fingerprint density at radius 1 is 0.812 bits per heavy atom. The van der Waals surface area contributed by atoms with Crippen LogP contribution in [0.2, 0.25) is 0 Å². The van der Waals surface area contributed by atoms with E-state index in [1.54, 1.807) is 9.35 Å². The number of nitrogen functional groups attached to an aromatic ring is 2. The monoisotopic (exact) mass is 216 g/mol. The third-order valence-corrected chi connectivity index (χ3v) is 2.54. The summed E-state index contributed by atoms with van der Waals surface area (Å²) in [5.41, 5.74) is 4.09. The highest BCUT2D eigenvalue weighted by Crippen LogP contribution is 2.12. The van der Waals surface area contributed by atoms with Crippen LogP contribution in [-0.4, -0.2) is 0 Å². The Bertz CT molecular complexity index is 485. The first kappa shape index (κ1) is 10.4. The molecule has 0 aliphatic heterocycles. The van der Waals surface area contributed by atoms with Crippen LogP contribution in [-0.2, 0) is 0 Å². The Balaban J connectivity index is 2.66. The van der Waals surface area contributed by atoms with Crippen LogP contribution in [0.25, 0.3) is 11.4 Å².